The Labute approximate surface area is 146 Å². The number of ether oxygens (including phenoxy) is 1. The average molecular weight is 371 g/mol. The van der Waals surface area contributed by atoms with Crippen LogP contribution >= 0.6 is 11.7 Å². The second-order valence-electron chi connectivity index (χ2n) is 6.20. The van der Waals surface area contributed by atoms with Crippen molar-refractivity contribution < 1.29 is 13.2 Å². The molecule has 1 atom stereocenters. The fraction of sp³-hybridized carbons (Fsp3) is 0.600. The van der Waals surface area contributed by atoms with Crippen LogP contribution in [0.2, 0.25) is 0 Å². The Kier molecular flexibility index (Phi) is 5.46. The molecule has 1 aliphatic rings. The molecule has 0 saturated carbocycles. The van der Waals surface area contributed by atoms with Gasteiger partial charge in [0.2, 0.25) is 10.0 Å². The molecule has 1 aromatic heterocycles. The Morgan fingerprint density at radius 2 is 2.04 bits per heavy atom. The maximum Gasteiger partial charge on any atom is 0.242 e. The van der Waals surface area contributed by atoms with Crippen LogP contribution in [0.4, 0.5) is 0 Å². The van der Waals surface area contributed by atoms with Crippen LogP contribution in [0.15, 0.2) is 23.1 Å². The van der Waals surface area contributed by atoms with Crippen molar-refractivity contribution >= 4 is 32.8 Å². The molecule has 0 bridgehead atoms. The molecule has 132 valence electrons. The fourth-order valence-electron chi connectivity index (χ4n) is 2.97. The highest BCUT2D eigenvalue weighted by molar-refractivity contribution is 7.89. The van der Waals surface area contributed by atoms with Gasteiger partial charge in [0.05, 0.1) is 24.9 Å². The van der Waals surface area contributed by atoms with Crippen LogP contribution in [0.5, 0.6) is 0 Å². The Balaban J connectivity index is 1.77. The average Bonchev–Trinajstić information content (AvgIpc) is 3.04. The molecule has 0 spiro atoms. The van der Waals surface area contributed by atoms with E-state index in [-0.39, 0.29) is 10.9 Å². The lowest BCUT2D eigenvalue weighted by molar-refractivity contribution is 0.00776. The summed E-state index contributed by atoms with van der Waals surface area (Å²) in [6.07, 6.45) is 0. The molecule has 0 radical (unpaired) electrons. The van der Waals surface area contributed by atoms with Crippen LogP contribution in [-0.4, -0.2) is 61.0 Å². The van der Waals surface area contributed by atoms with Crippen LogP contribution in [-0.2, 0) is 14.8 Å². The Morgan fingerprint density at radius 1 is 1.29 bits per heavy atom. The van der Waals surface area contributed by atoms with Gasteiger partial charge >= 0.3 is 0 Å². The fourth-order valence-corrected chi connectivity index (χ4v) is 4.78. The quantitative estimate of drug-likeness (QED) is 0.826. The number of rotatable bonds is 6. The summed E-state index contributed by atoms with van der Waals surface area (Å²) < 4.78 is 41.9. The van der Waals surface area contributed by atoms with Crippen LogP contribution in [0, 0.1) is 5.92 Å². The van der Waals surface area contributed by atoms with E-state index in [1.165, 1.54) is 0 Å². The number of hydrogen-bond acceptors (Lipinski definition) is 7. The van der Waals surface area contributed by atoms with Crippen molar-refractivity contribution in [1.29, 1.82) is 0 Å². The van der Waals surface area contributed by atoms with Gasteiger partial charge < -0.3 is 4.74 Å². The van der Waals surface area contributed by atoms with Gasteiger partial charge in [-0.3, -0.25) is 4.90 Å². The lowest BCUT2D eigenvalue weighted by Gasteiger charge is -2.36. The predicted molar refractivity (Wildman–Crippen MR) is 93.6 cm³/mol. The lowest BCUT2D eigenvalue weighted by atomic mass is 10.0. The highest BCUT2D eigenvalue weighted by atomic mass is 32.2. The molecule has 2 heterocycles. The van der Waals surface area contributed by atoms with E-state index in [1.807, 2.05) is 0 Å². The van der Waals surface area contributed by atoms with Gasteiger partial charge in [0.25, 0.3) is 0 Å². The zero-order valence-corrected chi connectivity index (χ0v) is 15.4. The molecule has 0 amide bonds. The van der Waals surface area contributed by atoms with E-state index in [9.17, 15) is 8.42 Å². The van der Waals surface area contributed by atoms with E-state index in [4.69, 9.17) is 4.74 Å². The van der Waals surface area contributed by atoms with E-state index in [2.05, 4.69) is 32.2 Å². The van der Waals surface area contributed by atoms with Gasteiger partial charge in [0.1, 0.15) is 15.9 Å². The molecule has 7 nitrogen and oxygen atoms in total. The van der Waals surface area contributed by atoms with Crippen molar-refractivity contribution in [2.45, 2.75) is 24.8 Å². The summed E-state index contributed by atoms with van der Waals surface area (Å²) in [6.45, 7) is 7.64. The number of nitrogens with one attached hydrogen (secondary N) is 1. The summed E-state index contributed by atoms with van der Waals surface area (Å²) >= 11 is 1.02. The number of fused-ring (bicyclic) bond motifs is 1. The molecule has 1 fully saturated rings. The highest BCUT2D eigenvalue weighted by Crippen LogP contribution is 2.21. The first-order valence-corrected chi connectivity index (χ1v) is 10.2. The smallest absolute Gasteiger partial charge is 0.242 e. The molecular weight excluding hydrogens is 348 g/mol. The number of benzene rings is 1. The SMILES string of the molecule is CC(C)[C@H](CNS(=O)(=O)c1cccc2nsnc12)N1CCOCC1. The summed E-state index contributed by atoms with van der Waals surface area (Å²) in [5.41, 5.74) is 1.04. The van der Waals surface area contributed by atoms with Gasteiger partial charge in [-0.25, -0.2) is 13.1 Å². The van der Waals surface area contributed by atoms with Crippen LogP contribution < -0.4 is 4.72 Å². The van der Waals surface area contributed by atoms with Gasteiger partial charge in [-0.05, 0) is 18.1 Å². The number of hydrogen-bond donors (Lipinski definition) is 1. The van der Waals surface area contributed by atoms with E-state index < -0.39 is 10.0 Å². The first kappa shape index (κ1) is 17.7. The van der Waals surface area contributed by atoms with Gasteiger partial charge in [-0.15, -0.1) is 0 Å². The number of aromatic nitrogens is 2. The monoisotopic (exact) mass is 370 g/mol. The van der Waals surface area contributed by atoms with Crippen LogP contribution in [0.3, 0.4) is 0 Å². The first-order valence-electron chi connectivity index (χ1n) is 8.02. The molecular formula is C15H22N4O3S2. The van der Waals surface area contributed by atoms with Gasteiger partial charge in [0, 0.05) is 25.7 Å². The largest absolute Gasteiger partial charge is 0.379 e. The van der Waals surface area contributed by atoms with Crippen LogP contribution in [0.25, 0.3) is 11.0 Å². The van der Waals surface area contributed by atoms with Crippen molar-refractivity contribution in [3.8, 4) is 0 Å². The summed E-state index contributed by atoms with van der Waals surface area (Å²) in [5.74, 6) is 0.336. The van der Waals surface area contributed by atoms with Crippen molar-refractivity contribution in [3.05, 3.63) is 18.2 Å². The molecule has 3 rings (SSSR count). The third kappa shape index (κ3) is 3.75. The number of sulfonamides is 1. The standard InChI is InChI=1S/C15H22N4O3S2/c1-11(2)13(19-6-8-22-9-7-19)10-16-24(20,21)14-5-3-4-12-15(14)18-23-17-12/h3-5,11,13,16H,6-10H2,1-2H3/t13-/m0/s1. The zero-order chi connectivity index (χ0) is 17.2. The zero-order valence-electron chi connectivity index (χ0n) is 13.8. The first-order chi connectivity index (χ1) is 11.5. The Bertz CT molecular complexity index is 785. The summed E-state index contributed by atoms with van der Waals surface area (Å²) in [4.78, 5) is 2.49. The summed E-state index contributed by atoms with van der Waals surface area (Å²) in [7, 11) is -3.63. The van der Waals surface area contributed by atoms with Crippen molar-refractivity contribution in [1.82, 2.24) is 18.4 Å². The molecule has 1 aromatic carbocycles. The van der Waals surface area contributed by atoms with Gasteiger partial charge in [0.15, 0.2) is 0 Å². The second-order valence-corrected chi connectivity index (χ2v) is 8.46. The maximum atomic E-state index is 12.7. The molecule has 1 saturated heterocycles. The summed E-state index contributed by atoms with van der Waals surface area (Å²) in [5, 5.41) is 0. The minimum Gasteiger partial charge on any atom is -0.379 e. The lowest BCUT2D eigenvalue weighted by Crippen LogP contribution is -2.51. The maximum absolute atomic E-state index is 12.7. The van der Waals surface area contributed by atoms with E-state index in [1.54, 1.807) is 18.2 Å². The van der Waals surface area contributed by atoms with Crippen molar-refractivity contribution in [2.75, 3.05) is 32.8 Å². The minimum atomic E-state index is -3.63. The second kappa shape index (κ2) is 7.40. The molecule has 1 aliphatic heterocycles. The topological polar surface area (TPSA) is 84.4 Å². The van der Waals surface area contributed by atoms with E-state index in [0.29, 0.717) is 36.7 Å². The number of morpholine rings is 1. The predicted octanol–water partition coefficient (Wildman–Crippen LogP) is 1.33. The molecule has 0 aliphatic carbocycles. The number of nitrogens with zero attached hydrogens (tertiary/aromatic N) is 3. The molecule has 9 heteroatoms. The minimum absolute atomic E-state index is 0.136. The third-order valence-electron chi connectivity index (χ3n) is 4.31. The van der Waals surface area contributed by atoms with E-state index >= 15 is 0 Å². The highest BCUT2D eigenvalue weighted by Gasteiger charge is 2.27. The van der Waals surface area contributed by atoms with E-state index in [0.717, 1.165) is 24.8 Å². The van der Waals surface area contributed by atoms with Crippen molar-refractivity contribution in [2.24, 2.45) is 5.92 Å². The normalized spacial score (nSPS) is 18.3. The molecule has 2 aromatic rings. The van der Waals surface area contributed by atoms with Gasteiger partial charge in [-0.2, -0.15) is 8.75 Å². The van der Waals surface area contributed by atoms with Crippen molar-refractivity contribution in [3.63, 3.8) is 0 Å². The molecule has 1 N–H and O–H groups in total. The Hall–Kier alpha value is -1.13. The molecule has 0 unspecified atom stereocenters. The molecule has 24 heavy (non-hydrogen) atoms. The van der Waals surface area contributed by atoms with Crippen LogP contribution in [0.1, 0.15) is 13.8 Å². The Morgan fingerprint density at radius 3 is 2.75 bits per heavy atom. The van der Waals surface area contributed by atoms with Gasteiger partial charge in [-0.1, -0.05) is 19.9 Å². The summed E-state index contributed by atoms with van der Waals surface area (Å²) in [6, 6.07) is 5.17. The third-order valence-corrected chi connectivity index (χ3v) is 6.30.